The van der Waals surface area contributed by atoms with E-state index in [2.05, 4.69) is 17.1 Å². The Morgan fingerprint density at radius 1 is 1.10 bits per heavy atom. The standard InChI is InChI=1S/C15H26N4O2/c1-11-14-8-16-7-13(14)9-19(11)10-15(21)18-5-3-17(4-6-18)12(2)20/h11,13-14,16H,3-10H2,1-2H3. The summed E-state index contributed by atoms with van der Waals surface area (Å²) in [6.07, 6.45) is 0. The maximum atomic E-state index is 12.5. The molecular formula is C15H26N4O2. The second kappa shape index (κ2) is 5.93. The molecule has 0 bridgehead atoms. The number of nitrogens with zero attached hydrogens (tertiary/aromatic N) is 3. The van der Waals surface area contributed by atoms with Gasteiger partial charge in [0.05, 0.1) is 6.54 Å². The Kier molecular flexibility index (Phi) is 4.17. The van der Waals surface area contributed by atoms with E-state index < -0.39 is 0 Å². The van der Waals surface area contributed by atoms with Crippen LogP contribution in [0.3, 0.4) is 0 Å². The van der Waals surface area contributed by atoms with Crippen LogP contribution in [0.5, 0.6) is 0 Å². The number of likely N-dealkylation sites (tertiary alicyclic amines) is 1. The molecule has 0 aromatic rings. The highest BCUT2D eigenvalue weighted by Crippen LogP contribution is 2.32. The highest BCUT2D eigenvalue weighted by Gasteiger charge is 2.42. The van der Waals surface area contributed by atoms with Gasteiger partial charge >= 0.3 is 0 Å². The molecule has 6 heteroatoms. The van der Waals surface area contributed by atoms with Crippen LogP contribution < -0.4 is 5.32 Å². The molecule has 3 aliphatic rings. The molecule has 0 saturated carbocycles. The van der Waals surface area contributed by atoms with Gasteiger partial charge in [-0.2, -0.15) is 0 Å². The maximum absolute atomic E-state index is 12.5. The van der Waals surface area contributed by atoms with Crippen molar-refractivity contribution in [1.82, 2.24) is 20.0 Å². The first-order valence-electron chi connectivity index (χ1n) is 8.04. The van der Waals surface area contributed by atoms with Crippen LogP contribution in [0, 0.1) is 11.8 Å². The van der Waals surface area contributed by atoms with Gasteiger partial charge in [0.15, 0.2) is 0 Å². The van der Waals surface area contributed by atoms with Gasteiger partial charge in [-0.25, -0.2) is 0 Å². The molecule has 2 amide bonds. The van der Waals surface area contributed by atoms with Gasteiger partial charge in [-0.3, -0.25) is 14.5 Å². The van der Waals surface area contributed by atoms with E-state index in [0.29, 0.717) is 50.6 Å². The van der Waals surface area contributed by atoms with Gasteiger partial charge in [-0.1, -0.05) is 0 Å². The van der Waals surface area contributed by atoms with Gasteiger partial charge in [-0.05, 0) is 31.8 Å². The van der Waals surface area contributed by atoms with E-state index in [1.165, 1.54) is 0 Å². The van der Waals surface area contributed by atoms with Gasteiger partial charge in [0, 0.05) is 45.7 Å². The first kappa shape index (κ1) is 14.8. The maximum Gasteiger partial charge on any atom is 0.236 e. The number of piperazine rings is 1. The second-order valence-electron chi connectivity index (χ2n) is 6.64. The van der Waals surface area contributed by atoms with Gasteiger partial charge in [0.2, 0.25) is 11.8 Å². The Balaban J connectivity index is 1.50. The molecule has 0 aliphatic carbocycles. The van der Waals surface area contributed by atoms with Crippen LogP contribution in [-0.4, -0.2) is 84.9 Å². The molecule has 21 heavy (non-hydrogen) atoms. The third kappa shape index (κ3) is 2.92. The highest BCUT2D eigenvalue weighted by atomic mass is 16.2. The zero-order valence-corrected chi connectivity index (χ0v) is 13.0. The van der Waals surface area contributed by atoms with E-state index in [9.17, 15) is 9.59 Å². The number of fused-ring (bicyclic) bond motifs is 1. The Morgan fingerprint density at radius 3 is 2.38 bits per heavy atom. The first-order valence-corrected chi connectivity index (χ1v) is 8.04. The van der Waals surface area contributed by atoms with E-state index in [1.54, 1.807) is 6.92 Å². The summed E-state index contributed by atoms with van der Waals surface area (Å²) in [6.45, 7) is 10.3. The first-order chi connectivity index (χ1) is 10.1. The summed E-state index contributed by atoms with van der Waals surface area (Å²) in [5.41, 5.74) is 0. The molecule has 3 fully saturated rings. The number of carbonyl (C=O) groups excluding carboxylic acids is 2. The van der Waals surface area contributed by atoms with Crippen molar-refractivity contribution in [2.45, 2.75) is 19.9 Å². The lowest BCUT2D eigenvalue weighted by Gasteiger charge is -2.35. The summed E-state index contributed by atoms with van der Waals surface area (Å²) in [6, 6.07) is 0.493. The number of hydrogen-bond donors (Lipinski definition) is 1. The molecule has 1 N–H and O–H groups in total. The number of carbonyl (C=O) groups is 2. The van der Waals surface area contributed by atoms with Crippen LogP contribution in [0.15, 0.2) is 0 Å². The molecule has 3 rings (SSSR count). The molecule has 3 aliphatic heterocycles. The quantitative estimate of drug-likeness (QED) is 0.726. The SMILES string of the molecule is CC(=O)N1CCN(C(=O)CN2CC3CNCC3C2C)CC1. The average Bonchev–Trinajstić information content (AvgIpc) is 3.03. The molecule has 0 radical (unpaired) electrons. The molecule has 3 heterocycles. The van der Waals surface area contributed by atoms with Crippen molar-refractivity contribution in [2.75, 3.05) is 52.4 Å². The summed E-state index contributed by atoms with van der Waals surface area (Å²) in [5.74, 6) is 1.74. The predicted octanol–water partition coefficient (Wildman–Crippen LogP) is -0.783. The molecule has 3 atom stereocenters. The summed E-state index contributed by atoms with van der Waals surface area (Å²) < 4.78 is 0. The van der Waals surface area contributed by atoms with Gasteiger partial charge < -0.3 is 15.1 Å². The van der Waals surface area contributed by atoms with Crippen LogP contribution in [0.25, 0.3) is 0 Å². The Labute approximate surface area is 126 Å². The molecule has 0 spiro atoms. The lowest BCUT2D eigenvalue weighted by Crippen LogP contribution is -2.52. The lowest BCUT2D eigenvalue weighted by molar-refractivity contribution is -0.139. The fraction of sp³-hybridized carbons (Fsp3) is 0.867. The van der Waals surface area contributed by atoms with Gasteiger partial charge in [0.1, 0.15) is 0 Å². The monoisotopic (exact) mass is 294 g/mol. The van der Waals surface area contributed by atoms with E-state index in [1.807, 2.05) is 9.80 Å². The number of hydrogen-bond acceptors (Lipinski definition) is 4. The molecule has 0 aromatic heterocycles. The predicted molar refractivity (Wildman–Crippen MR) is 79.7 cm³/mol. The van der Waals surface area contributed by atoms with Crippen LogP contribution in [0.1, 0.15) is 13.8 Å². The van der Waals surface area contributed by atoms with Crippen molar-refractivity contribution in [3.05, 3.63) is 0 Å². The number of nitrogens with one attached hydrogen (secondary N) is 1. The van der Waals surface area contributed by atoms with Gasteiger partial charge in [-0.15, -0.1) is 0 Å². The third-order valence-corrected chi connectivity index (χ3v) is 5.47. The van der Waals surface area contributed by atoms with Crippen LogP contribution in [0.2, 0.25) is 0 Å². The Bertz CT molecular complexity index is 420. The zero-order chi connectivity index (χ0) is 15.0. The van der Waals surface area contributed by atoms with E-state index in [4.69, 9.17) is 0 Å². The lowest BCUT2D eigenvalue weighted by atomic mass is 9.95. The normalized spacial score (nSPS) is 33.3. The Morgan fingerprint density at radius 2 is 1.76 bits per heavy atom. The largest absolute Gasteiger partial charge is 0.339 e. The van der Waals surface area contributed by atoms with Crippen LogP contribution >= 0.6 is 0 Å². The molecule has 3 unspecified atom stereocenters. The average molecular weight is 294 g/mol. The fourth-order valence-corrected chi connectivity index (χ4v) is 4.01. The number of rotatable bonds is 2. The van der Waals surface area contributed by atoms with Crippen molar-refractivity contribution in [1.29, 1.82) is 0 Å². The second-order valence-corrected chi connectivity index (χ2v) is 6.64. The highest BCUT2D eigenvalue weighted by molar-refractivity contribution is 5.79. The van der Waals surface area contributed by atoms with Crippen molar-refractivity contribution in [3.8, 4) is 0 Å². The zero-order valence-electron chi connectivity index (χ0n) is 13.0. The van der Waals surface area contributed by atoms with Crippen molar-refractivity contribution >= 4 is 11.8 Å². The summed E-state index contributed by atoms with van der Waals surface area (Å²) >= 11 is 0. The Hall–Kier alpha value is -1.14. The van der Waals surface area contributed by atoms with Crippen molar-refractivity contribution in [3.63, 3.8) is 0 Å². The van der Waals surface area contributed by atoms with Crippen molar-refractivity contribution < 1.29 is 9.59 Å². The fourth-order valence-electron chi connectivity index (χ4n) is 4.01. The van der Waals surface area contributed by atoms with E-state index in [-0.39, 0.29) is 11.8 Å². The summed E-state index contributed by atoms with van der Waals surface area (Å²) in [5, 5.41) is 3.45. The molecule has 3 saturated heterocycles. The topological polar surface area (TPSA) is 55.9 Å². The van der Waals surface area contributed by atoms with Crippen LogP contribution in [0.4, 0.5) is 0 Å². The number of amides is 2. The molecule has 6 nitrogen and oxygen atoms in total. The van der Waals surface area contributed by atoms with Crippen molar-refractivity contribution in [2.24, 2.45) is 11.8 Å². The van der Waals surface area contributed by atoms with E-state index >= 15 is 0 Å². The minimum absolute atomic E-state index is 0.107. The summed E-state index contributed by atoms with van der Waals surface area (Å²) in [7, 11) is 0. The van der Waals surface area contributed by atoms with E-state index in [0.717, 1.165) is 19.6 Å². The van der Waals surface area contributed by atoms with Crippen LogP contribution in [-0.2, 0) is 9.59 Å². The minimum Gasteiger partial charge on any atom is -0.339 e. The molecular weight excluding hydrogens is 268 g/mol. The minimum atomic E-state index is 0.107. The van der Waals surface area contributed by atoms with Gasteiger partial charge in [0.25, 0.3) is 0 Å². The smallest absolute Gasteiger partial charge is 0.236 e. The third-order valence-electron chi connectivity index (χ3n) is 5.47. The molecule has 0 aromatic carbocycles. The summed E-state index contributed by atoms with van der Waals surface area (Å²) in [4.78, 5) is 29.9. The molecule has 118 valence electrons.